The Labute approximate surface area is 121 Å². The van der Waals surface area contributed by atoms with Gasteiger partial charge in [0.15, 0.2) is 5.82 Å². The molecule has 1 saturated carbocycles. The van der Waals surface area contributed by atoms with E-state index in [0.29, 0.717) is 24.7 Å². The maximum absolute atomic E-state index is 6.47. The van der Waals surface area contributed by atoms with Crippen LogP contribution < -0.4 is 5.73 Å². The quantitative estimate of drug-likeness (QED) is 0.778. The standard InChI is InChI=1S/C15H27N3O2/c1-3-10-19-11-7-13-17-14(18-20-13)15(16)8-5-12(4-2)6-9-15/h12H,3-11,16H2,1-2H3. The molecule has 114 valence electrons. The maximum atomic E-state index is 6.47. The highest BCUT2D eigenvalue weighted by molar-refractivity contribution is 5.06. The minimum absolute atomic E-state index is 0.391. The van der Waals surface area contributed by atoms with Gasteiger partial charge in [0.1, 0.15) is 0 Å². The zero-order valence-corrected chi connectivity index (χ0v) is 12.7. The summed E-state index contributed by atoms with van der Waals surface area (Å²) < 4.78 is 10.7. The number of rotatable bonds is 7. The molecule has 0 radical (unpaired) electrons. The van der Waals surface area contributed by atoms with Crippen LogP contribution in [0.15, 0.2) is 4.52 Å². The van der Waals surface area contributed by atoms with Gasteiger partial charge >= 0.3 is 0 Å². The van der Waals surface area contributed by atoms with E-state index in [-0.39, 0.29) is 0 Å². The highest BCUT2D eigenvalue weighted by Crippen LogP contribution is 2.37. The monoisotopic (exact) mass is 281 g/mol. The summed E-state index contributed by atoms with van der Waals surface area (Å²) in [6.07, 6.45) is 7.17. The third-order valence-electron chi connectivity index (χ3n) is 4.30. The summed E-state index contributed by atoms with van der Waals surface area (Å²) in [5.74, 6) is 2.12. The van der Waals surface area contributed by atoms with E-state index < -0.39 is 5.54 Å². The van der Waals surface area contributed by atoms with Crippen LogP contribution >= 0.6 is 0 Å². The zero-order chi connectivity index (χ0) is 14.4. The lowest BCUT2D eigenvalue weighted by atomic mass is 9.76. The third-order valence-corrected chi connectivity index (χ3v) is 4.30. The SMILES string of the molecule is CCCOCCc1nc(C2(N)CCC(CC)CC2)no1. The van der Waals surface area contributed by atoms with Crippen molar-refractivity contribution in [2.24, 2.45) is 11.7 Å². The molecule has 0 unspecified atom stereocenters. The molecule has 5 nitrogen and oxygen atoms in total. The number of nitrogens with zero attached hydrogens (tertiary/aromatic N) is 2. The van der Waals surface area contributed by atoms with Gasteiger partial charge in [0.05, 0.1) is 18.6 Å². The summed E-state index contributed by atoms with van der Waals surface area (Å²) in [6.45, 7) is 5.75. The summed E-state index contributed by atoms with van der Waals surface area (Å²) in [6, 6.07) is 0. The fourth-order valence-electron chi connectivity index (χ4n) is 2.79. The highest BCUT2D eigenvalue weighted by atomic mass is 16.5. The van der Waals surface area contributed by atoms with Gasteiger partial charge in [-0.25, -0.2) is 0 Å². The van der Waals surface area contributed by atoms with E-state index in [0.717, 1.165) is 44.6 Å². The summed E-state index contributed by atoms with van der Waals surface area (Å²) in [5.41, 5.74) is 6.08. The molecule has 5 heteroatoms. The summed E-state index contributed by atoms with van der Waals surface area (Å²) >= 11 is 0. The lowest BCUT2D eigenvalue weighted by Gasteiger charge is -2.34. The Morgan fingerprint density at radius 3 is 2.70 bits per heavy atom. The fourth-order valence-corrected chi connectivity index (χ4v) is 2.79. The average Bonchev–Trinajstić information content (AvgIpc) is 2.94. The molecular formula is C15H27N3O2. The lowest BCUT2D eigenvalue weighted by Crippen LogP contribution is -2.41. The maximum Gasteiger partial charge on any atom is 0.229 e. The minimum atomic E-state index is -0.391. The van der Waals surface area contributed by atoms with Crippen LogP contribution in [0.25, 0.3) is 0 Å². The normalized spacial score (nSPS) is 26.9. The van der Waals surface area contributed by atoms with Gasteiger partial charge in [0.25, 0.3) is 0 Å². The van der Waals surface area contributed by atoms with Crippen molar-refractivity contribution in [1.82, 2.24) is 10.1 Å². The largest absolute Gasteiger partial charge is 0.381 e. The van der Waals surface area contributed by atoms with Crippen molar-refractivity contribution in [2.45, 2.75) is 64.3 Å². The van der Waals surface area contributed by atoms with Gasteiger partial charge in [-0.3, -0.25) is 0 Å². The highest BCUT2D eigenvalue weighted by Gasteiger charge is 2.36. The summed E-state index contributed by atoms with van der Waals surface area (Å²) in [4.78, 5) is 4.47. The lowest BCUT2D eigenvalue weighted by molar-refractivity contribution is 0.132. The van der Waals surface area contributed by atoms with E-state index in [2.05, 4.69) is 24.0 Å². The molecular weight excluding hydrogens is 254 g/mol. The Morgan fingerprint density at radius 1 is 1.30 bits per heavy atom. The first-order valence-electron chi connectivity index (χ1n) is 7.87. The van der Waals surface area contributed by atoms with Crippen molar-refractivity contribution in [3.63, 3.8) is 0 Å². The van der Waals surface area contributed by atoms with E-state index in [4.69, 9.17) is 15.0 Å². The first kappa shape index (κ1) is 15.4. The Balaban J connectivity index is 1.88. The molecule has 1 fully saturated rings. The molecule has 0 bridgehead atoms. The van der Waals surface area contributed by atoms with Crippen LogP contribution in [0.3, 0.4) is 0 Å². The van der Waals surface area contributed by atoms with Crippen molar-refractivity contribution < 1.29 is 9.26 Å². The summed E-state index contributed by atoms with van der Waals surface area (Å²) in [5, 5.41) is 4.09. The molecule has 0 aromatic carbocycles. The Morgan fingerprint density at radius 2 is 2.05 bits per heavy atom. The first-order valence-corrected chi connectivity index (χ1v) is 7.87. The van der Waals surface area contributed by atoms with Gasteiger partial charge in [-0.15, -0.1) is 0 Å². The van der Waals surface area contributed by atoms with Crippen molar-refractivity contribution in [3.8, 4) is 0 Å². The molecule has 0 amide bonds. The van der Waals surface area contributed by atoms with Crippen LogP contribution in [-0.4, -0.2) is 23.4 Å². The zero-order valence-electron chi connectivity index (χ0n) is 12.7. The average molecular weight is 281 g/mol. The van der Waals surface area contributed by atoms with Gasteiger partial charge in [-0.1, -0.05) is 25.4 Å². The smallest absolute Gasteiger partial charge is 0.229 e. The molecule has 20 heavy (non-hydrogen) atoms. The Bertz CT molecular complexity index is 398. The van der Waals surface area contributed by atoms with Crippen LogP contribution in [0.5, 0.6) is 0 Å². The minimum Gasteiger partial charge on any atom is -0.381 e. The molecule has 0 saturated heterocycles. The van der Waals surface area contributed by atoms with Crippen molar-refractivity contribution >= 4 is 0 Å². The number of ether oxygens (including phenoxy) is 1. The van der Waals surface area contributed by atoms with Gasteiger partial charge in [0.2, 0.25) is 5.89 Å². The summed E-state index contributed by atoms with van der Waals surface area (Å²) in [7, 11) is 0. The van der Waals surface area contributed by atoms with E-state index >= 15 is 0 Å². The van der Waals surface area contributed by atoms with Gasteiger partial charge < -0.3 is 15.0 Å². The first-order chi connectivity index (χ1) is 9.68. The molecule has 1 aliphatic carbocycles. The molecule has 1 aliphatic rings. The van der Waals surface area contributed by atoms with Crippen LogP contribution in [-0.2, 0) is 16.7 Å². The van der Waals surface area contributed by atoms with E-state index in [1.54, 1.807) is 0 Å². The molecule has 1 aromatic rings. The molecule has 2 rings (SSSR count). The van der Waals surface area contributed by atoms with Crippen molar-refractivity contribution in [2.75, 3.05) is 13.2 Å². The number of nitrogens with two attached hydrogens (primary N) is 1. The second kappa shape index (κ2) is 7.18. The number of hydrogen-bond donors (Lipinski definition) is 1. The van der Waals surface area contributed by atoms with Gasteiger partial charge in [-0.2, -0.15) is 4.98 Å². The Kier molecular flexibility index (Phi) is 5.54. The van der Waals surface area contributed by atoms with Crippen LogP contribution in [0.4, 0.5) is 0 Å². The van der Waals surface area contributed by atoms with Crippen LogP contribution in [0, 0.1) is 5.92 Å². The van der Waals surface area contributed by atoms with Crippen LogP contribution in [0.1, 0.15) is 64.1 Å². The fraction of sp³-hybridized carbons (Fsp3) is 0.867. The molecule has 0 aliphatic heterocycles. The molecule has 0 atom stereocenters. The second-order valence-corrected chi connectivity index (χ2v) is 5.88. The van der Waals surface area contributed by atoms with Gasteiger partial charge in [0, 0.05) is 6.61 Å². The van der Waals surface area contributed by atoms with E-state index in [1.807, 2.05) is 0 Å². The number of aromatic nitrogens is 2. The predicted molar refractivity (Wildman–Crippen MR) is 77.2 cm³/mol. The predicted octanol–water partition coefficient (Wildman–Crippen LogP) is 2.79. The van der Waals surface area contributed by atoms with Gasteiger partial charge in [-0.05, 0) is 38.0 Å². The second-order valence-electron chi connectivity index (χ2n) is 5.88. The molecule has 1 heterocycles. The van der Waals surface area contributed by atoms with E-state index in [1.165, 1.54) is 6.42 Å². The van der Waals surface area contributed by atoms with Crippen molar-refractivity contribution in [1.29, 1.82) is 0 Å². The topological polar surface area (TPSA) is 74.2 Å². The van der Waals surface area contributed by atoms with Crippen LogP contribution in [0.2, 0.25) is 0 Å². The van der Waals surface area contributed by atoms with Crippen molar-refractivity contribution in [3.05, 3.63) is 11.7 Å². The molecule has 2 N–H and O–H groups in total. The Hall–Kier alpha value is -0.940. The van der Waals surface area contributed by atoms with E-state index in [9.17, 15) is 0 Å². The molecule has 0 spiro atoms. The number of hydrogen-bond acceptors (Lipinski definition) is 5. The molecule has 1 aromatic heterocycles. The third kappa shape index (κ3) is 3.79.